The van der Waals surface area contributed by atoms with Gasteiger partial charge in [0.1, 0.15) is 0 Å². The second kappa shape index (κ2) is 53.6. The second-order valence-electron chi connectivity index (χ2n) is 0.247. The molecule has 0 aliphatic heterocycles. The molecule has 6 nitrogen and oxygen atoms in total. The van der Waals surface area contributed by atoms with Gasteiger partial charge in [0.25, 0.3) is 0 Å². The van der Waals surface area contributed by atoms with Gasteiger partial charge in [-0.05, 0) is 0 Å². The summed E-state index contributed by atoms with van der Waals surface area (Å²) in [7, 11) is 14.8. The van der Waals surface area contributed by atoms with Crippen LogP contribution in [-0.2, 0) is 0 Å². The molecule has 0 aliphatic carbocycles. The Hall–Kier alpha value is 2.68. The maximum atomic E-state index is 4.94. The molecule has 0 bridgehead atoms. The van der Waals surface area contributed by atoms with E-state index in [1.165, 1.54) is 0 Å². The quantitative estimate of drug-likeness (QED) is 0.360. The van der Waals surface area contributed by atoms with Crippen molar-refractivity contribution >= 4 is 41.5 Å². The predicted molar refractivity (Wildman–Crippen MR) is 45.0 cm³/mol. The fourth-order valence-corrected chi connectivity index (χ4v) is 0. The van der Waals surface area contributed by atoms with E-state index in [-0.39, 0.29) is 79.8 Å². The Morgan fingerprint density at radius 3 is 0.545 bits per heavy atom. The molecule has 0 aromatic heterocycles. The van der Waals surface area contributed by atoms with E-state index in [0.717, 1.165) is 0 Å². The van der Waals surface area contributed by atoms with Crippen molar-refractivity contribution in [3.63, 3.8) is 0 Å². The Morgan fingerprint density at radius 2 is 0.545 bits per heavy atom. The zero-order chi connectivity index (χ0) is 3.58. The smallest absolute Gasteiger partial charge is 0.412 e. The summed E-state index contributed by atoms with van der Waals surface area (Å²) in [6.07, 6.45) is 0. The number of hydrogen-bond donors (Lipinski definition) is 0. The molecular weight excluding hydrogens is 402 g/mol. The number of rotatable bonds is 0. The van der Waals surface area contributed by atoms with Crippen molar-refractivity contribution in [2.45, 2.75) is 0 Å². The minimum atomic E-state index is -1.72. The second-order valence-corrected chi connectivity index (χ2v) is 6.68. The SMILES string of the molecule is O.O.O.O.O.O.[Cl][Al]([Cl])[Cl].[Yb]. The summed E-state index contributed by atoms with van der Waals surface area (Å²) in [5.74, 6) is 0. The molecule has 12 N–H and O–H groups in total. The molecular formula is H12AlCl3O6Yb. The minimum Gasteiger partial charge on any atom is -0.412 e. The topological polar surface area (TPSA) is 189 Å². The van der Waals surface area contributed by atoms with Gasteiger partial charge in [0.15, 0.2) is 0 Å². The zero-order valence-corrected chi connectivity index (χ0v) is 10.1. The van der Waals surface area contributed by atoms with Crippen molar-refractivity contribution in [2.75, 3.05) is 0 Å². The van der Waals surface area contributed by atoms with Gasteiger partial charge in [-0.15, -0.1) is 0 Å². The van der Waals surface area contributed by atoms with Crippen molar-refractivity contribution in [2.24, 2.45) is 0 Å². The van der Waals surface area contributed by atoms with E-state index in [2.05, 4.69) is 0 Å². The van der Waals surface area contributed by atoms with E-state index in [0.29, 0.717) is 0 Å². The first-order valence-electron chi connectivity index (χ1n) is 0.655. The summed E-state index contributed by atoms with van der Waals surface area (Å²) in [5, 5.41) is 0. The fraction of sp³-hybridized carbons (Fsp3) is 0. The molecule has 0 unspecified atom stereocenters. The molecule has 0 fully saturated rings. The fourth-order valence-electron chi connectivity index (χ4n) is 0. The summed E-state index contributed by atoms with van der Waals surface area (Å²) in [6.45, 7) is 0. The van der Waals surface area contributed by atoms with Gasteiger partial charge in [-0.2, -0.15) is 0 Å². The molecule has 0 saturated heterocycles. The van der Waals surface area contributed by atoms with Crippen molar-refractivity contribution in [3.8, 4) is 0 Å². The van der Waals surface area contributed by atoms with Gasteiger partial charge in [0, 0.05) is 46.9 Å². The monoisotopic (exact) mass is 414 g/mol. The van der Waals surface area contributed by atoms with Crippen LogP contribution in [0.3, 0.4) is 0 Å². The van der Waals surface area contributed by atoms with E-state index in [4.69, 9.17) is 30.1 Å². The molecule has 0 rings (SSSR count). The Kier molecular flexibility index (Phi) is 332. The van der Waals surface area contributed by atoms with Crippen LogP contribution < -0.4 is 0 Å². The Balaban J connectivity index is -0.00000000214. The molecule has 86 valence electrons. The molecule has 0 radical (unpaired) electrons. The average molecular weight is 414 g/mol. The average Bonchev–Trinajstić information content (AvgIpc) is 0.811. The predicted octanol–water partition coefficient (Wildman–Crippen LogP) is -3.26. The Labute approximate surface area is 119 Å². The number of hydrogen-bond acceptors (Lipinski definition) is 0. The summed E-state index contributed by atoms with van der Waals surface area (Å²) >= 11 is -1.72. The van der Waals surface area contributed by atoms with Crippen molar-refractivity contribution in [3.05, 3.63) is 0 Å². The molecule has 0 amide bonds. The molecule has 0 aromatic carbocycles. The summed E-state index contributed by atoms with van der Waals surface area (Å²) in [5.41, 5.74) is 0. The van der Waals surface area contributed by atoms with Crippen LogP contribution in [0.1, 0.15) is 0 Å². The van der Waals surface area contributed by atoms with E-state index in [1.807, 2.05) is 0 Å². The molecule has 0 atom stereocenters. The molecule has 0 spiro atoms. The van der Waals surface area contributed by atoms with Crippen LogP contribution in [0.4, 0.5) is 0 Å². The van der Waals surface area contributed by atoms with Crippen LogP contribution in [0.2, 0.25) is 0 Å². The Morgan fingerprint density at radius 1 is 0.545 bits per heavy atom. The minimum absolute atomic E-state index is 0. The summed E-state index contributed by atoms with van der Waals surface area (Å²) in [6, 6.07) is 0. The summed E-state index contributed by atoms with van der Waals surface area (Å²) in [4.78, 5) is 0. The third-order valence-electron chi connectivity index (χ3n) is 0. The standard InChI is InChI=1S/Al.3ClH.6H2O.Yb/h;3*1H;6*1H2;/q+3;;;;;;;;;;/p-3. The third-order valence-corrected chi connectivity index (χ3v) is 0. The molecule has 11 heavy (non-hydrogen) atoms. The van der Waals surface area contributed by atoms with Gasteiger partial charge in [-0.3, -0.25) is 0 Å². The molecule has 0 aromatic rings. The maximum Gasteiger partial charge on any atom is 0.643 e. The van der Waals surface area contributed by atoms with Gasteiger partial charge in [-0.1, -0.05) is 0 Å². The van der Waals surface area contributed by atoms with Crippen molar-refractivity contribution in [1.29, 1.82) is 0 Å². The van der Waals surface area contributed by atoms with Crippen LogP contribution in [0.5, 0.6) is 0 Å². The molecule has 0 heterocycles. The maximum absolute atomic E-state index is 4.94. The van der Waals surface area contributed by atoms with Crippen LogP contribution in [0.15, 0.2) is 0 Å². The van der Waals surface area contributed by atoms with Crippen LogP contribution in [-0.4, -0.2) is 44.2 Å². The van der Waals surface area contributed by atoms with E-state index in [9.17, 15) is 0 Å². The van der Waals surface area contributed by atoms with E-state index in [1.54, 1.807) is 0 Å². The zero-order valence-electron chi connectivity index (χ0n) is 4.98. The molecule has 0 aliphatic rings. The Bertz CT molecular complexity index is 22.5. The van der Waals surface area contributed by atoms with Crippen molar-refractivity contribution < 1.29 is 79.8 Å². The van der Waals surface area contributed by atoms with Gasteiger partial charge in [0.2, 0.25) is 0 Å². The molecule has 0 saturated carbocycles. The van der Waals surface area contributed by atoms with Crippen LogP contribution in [0.25, 0.3) is 0 Å². The summed E-state index contributed by atoms with van der Waals surface area (Å²) < 4.78 is 0. The normalized spacial score (nSPS) is 2.45. The van der Waals surface area contributed by atoms with Gasteiger partial charge < -0.3 is 32.9 Å². The first kappa shape index (κ1) is 68.2. The number of halogens is 3. The first-order valence-corrected chi connectivity index (χ1v) is 5.89. The van der Waals surface area contributed by atoms with Crippen LogP contribution >= 0.6 is 30.1 Å². The van der Waals surface area contributed by atoms with Gasteiger partial charge in [-0.25, -0.2) is 30.1 Å². The van der Waals surface area contributed by atoms with E-state index >= 15 is 0 Å². The van der Waals surface area contributed by atoms with E-state index < -0.39 is 11.4 Å². The van der Waals surface area contributed by atoms with Crippen molar-refractivity contribution in [1.82, 2.24) is 0 Å². The first-order chi connectivity index (χ1) is 1.73. The van der Waals surface area contributed by atoms with Crippen LogP contribution in [0, 0.1) is 46.9 Å². The largest absolute Gasteiger partial charge is 0.643 e. The van der Waals surface area contributed by atoms with Gasteiger partial charge in [0.05, 0.1) is 0 Å². The third kappa shape index (κ3) is 201. The molecule has 11 heteroatoms. The van der Waals surface area contributed by atoms with Gasteiger partial charge >= 0.3 is 11.4 Å².